The number of para-hydroxylation sites is 1. The van der Waals surface area contributed by atoms with Crippen LogP contribution in [0, 0.1) is 0 Å². The lowest BCUT2D eigenvalue weighted by Crippen LogP contribution is -2.40. The van der Waals surface area contributed by atoms with E-state index in [2.05, 4.69) is 75.0 Å². The van der Waals surface area contributed by atoms with Gasteiger partial charge in [0, 0.05) is 37.6 Å². The molecule has 0 saturated heterocycles. The Balaban J connectivity index is 1.39. The third-order valence-electron chi connectivity index (χ3n) is 4.68. The Labute approximate surface area is 154 Å². The number of nitrogens with zero attached hydrogens (tertiary/aromatic N) is 4. The van der Waals surface area contributed by atoms with Gasteiger partial charge in [0.2, 0.25) is 0 Å². The zero-order valence-corrected chi connectivity index (χ0v) is 15.0. The van der Waals surface area contributed by atoms with Gasteiger partial charge in [0.25, 0.3) is 0 Å². The van der Waals surface area contributed by atoms with Crippen molar-refractivity contribution < 1.29 is 0 Å². The molecule has 0 radical (unpaired) electrons. The summed E-state index contributed by atoms with van der Waals surface area (Å²) < 4.78 is 1.97. The first kappa shape index (κ1) is 16.4. The molecular formula is C21H23N5. The average molecular weight is 345 g/mol. The number of rotatable bonds is 4. The lowest BCUT2D eigenvalue weighted by molar-refractivity contribution is 0.685. The number of nitrogens with one attached hydrogen (secondary N) is 1. The van der Waals surface area contributed by atoms with Gasteiger partial charge in [-0.25, -0.2) is 0 Å². The summed E-state index contributed by atoms with van der Waals surface area (Å²) in [5.41, 5.74) is 5.03. The van der Waals surface area contributed by atoms with Gasteiger partial charge in [0.1, 0.15) is 0 Å². The summed E-state index contributed by atoms with van der Waals surface area (Å²) in [5.74, 6) is 0.908. The molecule has 5 heteroatoms. The quantitative estimate of drug-likeness (QED) is 0.584. The molecule has 2 aromatic carbocycles. The molecule has 0 amide bonds. The number of aliphatic imine (C=N–C) groups is 1. The lowest BCUT2D eigenvalue weighted by Gasteiger charge is -2.22. The number of hydrogen-bond donors (Lipinski definition) is 1. The number of guanidine groups is 1. The molecule has 0 fully saturated rings. The zero-order valence-electron chi connectivity index (χ0n) is 15.0. The Kier molecular flexibility index (Phi) is 4.69. The predicted octanol–water partition coefficient (Wildman–Crippen LogP) is 3.07. The van der Waals surface area contributed by atoms with Crippen molar-refractivity contribution in [1.29, 1.82) is 0 Å². The van der Waals surface area contributed by atoms with Crippen molar-refractivity contribution in [3.05, 3.63) is 83.7 Å². The third kappa shape index (κ3) is 3.47. The lowest BCUT2D eigenvalue weighted by atomic mass is 10.2. The monoisotopic (exact) mass is 345 g/mol. The highest BCUT2D eigenvalue weighted by molar-refractivity contribution is 5.97. The third-order valence-corrected chi connectivity index (χ3v) is 4.68. The molecule has 3 aromatic rings. The van der Waals surface area contributed by atoms with Gasteiger partial charge in [-0.1, -0.05) is 48.5 Å². The molecule has 1 aliphatic rings. The van der Waals surface area contributed by atoms with Crippen LogP contribution in [0.3, 0.4) is 0 Å². The summed E-state index contributed by atoms with van der Waals surface area (Å²) in [6.07, 6.45) is 5.07. The van der Waals surface area contributed by atoms with Crippen LogP contribution in [-0.2, 0) is 19.5 Å². The van der Waals surface area contributed by atoms with Crippen LogP contribution >= 0.6 is 0 Å². The van der Waals surface area contributed by atoms with Crippen LogP contribution < -0.4 is 10.2 Å². The van der Waals surface area contributed by atoms with Gasteiger partial charge in [0.15, 0.2) is 5.96 Å². The molecule has 0 bridgehead atoms. The minimum absolute atomic E-state index is 0.708. The molecule has 5 nitrogen and oxygen atoms in total. The Morgan fingerprint density at radius 2 is 1.88 bits per heavy atom. The summed E-state index contributed by atoms with van der Waals surface area (Å²) in [7, 11) is 1.84. The molecule has 0 spiro atoms. The second-order valence-corrected chi connectivity index (χ2v) is 6.46. The second kappa shape index (κ2) is 7.44. The van der Waals surface area contributed by atoms with Crippen LogP contribution in [0.25, 0.3) is 0 Å². The van der Waals surface area contributed by atoms with Crippen molar-refractivity contribution in [1.82, 2.24) is 15.1 Å². The maximum Gasteiger partial charge on any atom is 0.198 e. The molecule has 132 valence electrons. The molecule has 2 heterocycles. The molecular weight excluding hydrogens is 322 g/mol. The predicted molar refractivity (Wildman–Crippen MR) is 105 cm³/mol. The minimum atomic E-state index is 0.708. The summed E-state index contributed by atoms with van der Waals surface area (Å²) in [6.45, 7) is 2.46. The first-order valence-corrected chi connectivity index (χ1v) is 8.95. The Morgan fingerprint density at radius 3 is 2.73 bits per heavy atom. The van der Waals surface area contributed by atoms with Crippen molar-refractivity contribution in [2.24, 2.45) is 4.99 Å². The molecule has 1 N–H and O–H groups in total. The molecule has 0 unspecified atom stereocenters. The Morgan fingerprint density at radius 1 is 1.08 bits per heavy atom. The van der Waals surface area contributed by atoms with Gasteiger partial charge in [-0.3, -0.25) is 9.67 Å². The van der Waals surface area contributed by atoms with E-state index in [-0.39, 0.29) is 0 Å². The summed E-state index contributed by atoms with van der Waals surface area (Å²) in [4.78, 5) is 6.72. The molecule has 1 aliphatic heterocycles. The van der Waals surface area contributed by atoms with E-state index in [1.54, 1.807) is 0 Å². The summed E-state index contributed by atoms with van der Waals surface area (Å²) in [5, 5.41) is 7.94. The highest BCUT2D eigenvalue weighted by atomic mass is 15.3. The fourth-order valence-electron chi connectivity index (χ4n) is 3.39. The molecule has 0 aliphatic carbocycles. The van der Waals surface area contributed by atoms with Gasteiger partial charge < -0.3 is 10.2 Å². The molecule has 0 atom stereocenters. The van der Waals surface area contributed by atoms with Crippen LogP contribution in [0.15, 0.2) is 72.0 Å². The maximum absolute atomic E-state index is 4.47. The summed E-state index contributed by atoms with van der Waals surface area (Å²) in [6, 6.07) is 18.9. The number of benzene rings is 2. The van der Waals surface area contributed by atoms with Gasteiger partial charge in [-0.2, -0.15) is 5.10 Å². The maximum atomic E-state index is 4.47. The number of anilines is 1. The van der Waals surface area contributed by atoms with Crippen molar-refractivity contribution in [3.63, 3.8) is 0 Å². The topological polar surface area (TPSA) is 45.5 Å². The Hall–Kier alpha value is -3.08. The largest absolute Gasteiger partial charge is 0.352 e. The molecule has 26 heavy (non-hydrogen) atoms. The van der Waals surface area contributed by atoms with E-state index in [9.17, 15) is 0 Å². The van der Waals surface area contributed by atoms with E-state index in [1.165, 1.54) is 16.8 Å². The van der Waals surface area contributed by atoms with Crippen LogP contribution in [0.5, 0.6) is 0 Å². The SMILES string of the molecule is CN=C(NCc1cnn(Cc2ccccc2)c1)N1CCc2ccccc21. The Bertz CT molecular complexity index is 898. The van der Waals surface area contributed by atoms with Crippen molar-refractivity contribution in [2.45, 2.75) is 19.5 Å². The standard InChI is InChI=1S/C21H23N5/c1-22-21(26-12-11-19-9-5-6-10-20(19)26)23-13-18-14-24-25(16-18)15-17-7-3-2-4-8-17/h2-10,14,16H,11-13,15H2,1H3,(H,22,23). The summed E-state index contributed by atoms with van der Waals surface area (Å²) >= 11 is 0. The first-order valence-electron chi connectivity index (χ1n) is 8.95. The van der Waals surface area contributed by atoms with E-state index in [4.69, 9.17) is 0 Å². The van der Waals surface area contributed by atoms with Gasteiger partial charge >= 0.3 is 0 Å². The average Bonchev–Trinajstić information content (AvgIpc) is 3.31. The van der Waals surface area contributed by atoms with Gasteiger partial charge in [-0.05, 0) is 23.6 Å². The zero-order chi connectivity index (χ0) is 17.8. The minimum Gasteiger partial charge on any atom is -0.352 e. The van der Waals surface area contributed by atoms with Gasteiger partial charge in [0.05, 0.1) is 12.7 Å². The number of aromatic nitrogens is 2. The smallest absolute Gasteiger partial charge is 0.198 e. The number of fused-ring (bicyclic) bond motifs is 1. The fraction of sp³-hybridized carbons (Fsp3) is 0.238. The normalized spacial score (nSPS) is 13.7. The van der Waals surface area contributed by atoms with Gasteiger partial charge in [-0.15, -0.1) is 0 Å². The highest BCUT2D eigenvalue weighted by Crippen LogP contribution is 2.27. The van der Waals surface area contributed by atoms with Crippen molar-refractivity contribution in [2.75, 3.05) is 18.5 Å². The van der Waals surface area contributed by atoms with Crippen molar-refractivity contribution >= 4 is 11.6 Å². The van der Waals surface area contributed by atoms with E-state index >= 15 is 0 Å². The van der Waals surface area contributed by atoms with Crippen LogP contribution in [-0.4, -0.2) is 29.3 Å². The number of hydrogen-bond acceptors (Lipinski definition) is 2. The highest BCUT2D eigenvalue weighted by Gasteiger charge is 2.22. The van der Waals surface area contributed by atoms with E-state index in [0.717, 1.165) is 31.0 Å². The molecule has 1 aromatic heterocycles. The fourth-order valence-corrected chi connectivity index (χ4v) is 3.39. The molecule has 4 rings (SSSR count). The van der Waals surface area contributed by atoms with Crippen LogP contribution in [0.2, 0.25) is 0 Å². The first-order chi connectivity index (χ1) is 12.8. The van der Waals surface area contributed by atoms with E-state index in [1.807, 2.05) is 24.0 Å². The van der Waals surface area contributed by atoms with Crippen LogP contribution in [0.4, 0.5) is 5.69 Å². The second-order valence-electron chi connectivity index (χ2n) is 6.46. The van der Waals surface area contributed by atoms with Crippen molar-refractivity contribution in [3.8, 4) is 0 Å². The van der Waals surface area contributed by atoms with Crippen LogP contribution in [0.1, 0.15) is 16.7 Å². The van der Waals surface area contributed by atoms with E-state index < -0.39 is 0 Å². The van der Waals surface area contributed by atoms with E-state index in [0.29, 0.717) is 6.54 Å². The molecule has 0 saturated carbocycles.